The van der Waals surface area contributed by atoms with E-state index in [-0.39, 0.29) is 4.75 Å². The van der Waals surface area contributed by atoms with Gasteiger partial charge in [0.05, 0.1) is 5.75 Å². The highest BCUT2D eigenvalue weighted by Gasteiger charge is 2.11. The molecule has 2 nitrogen and oxygen atoms in total. The smallest absolute Gasteiger partial charge is 0.105 e. The summed E-state index contributed by atoms with van der Waals surface area (Å²) in [5.41, 5.74) is 0. The summed E-state index contributed by atoms with van der Waals surface area (Å²) >= 11 is 1.80. The average molecular weight is 174 g/mol. The van der Waals surface area contributed by atoms with Crippen LogP contribution in [0.25, 0.3) is 0 Å². The molecule has 0 fully saturated rings. The molecule has 0 spiro atoms. The topological polar surface area (TPSA) is 27.1 Å². The van der Waals surface area contributed by atoms with Gasteiger partial charge in [0.15, 0.2) is 0 Å². The Morgan fingerprint density at radius 2 is 1.82 bits per heavy atom. The van der Waals surface area contributed by atoms with Crippen LogP contribution in [0.4, 0.5) is 0 Å². The van der Waals surface area contributed by atoms with Crippen molar-refractivity contribution in [2.24, 2.45) is 0 Å². The molecule has 0 aromatic carbocycles. The van der Waals surface area contributed by atoms with Gasteiger partial charge in [-0.1, -0.05) is 20.8 Å². The van der Waals surface area contributed by atoms with E-state index in [0.29, 0.717) is 5.84 Å². The fourth-order valence-electron chi connectivity index (χ4n) is 0.414. The molecule has 0 aliphatic carbocycles. The summed E-state index contributed by atoms with van der Waals surface area (Å²) in [6.45, 7) is 6.50. The van der Waals surface area contributed by atoms with Crippen LogP contribution in [0.15, 0.2) is 0 Å². The number of amidine groups is 1. The Hall–Kier alpha value is -0.180. The van der Waals surface area contributed by atoms with E-state index in [1.54, 1.807) is 11.8 Å². The van der Waals surface area contributed by atoms with Gasteiger partial charge in [0, 0.05) is 18.8 Å². The maximum atomic E-state index is 7.53. The number of nitrogens with zero attached hydrogens (tertiary/aromatic N) is 1. The zero-order chi connectivity index (χ0) is 9.07. The highest BCUT2D eigenvalue weighted by atomic mass is 32.2. The molecular formula is C8H18N2S. The molecule has 1 N–H and O–H groups in total. The lowest BCUT2D eigenvalue weighted by atomic mass is 10.3. The Morgan fingerprint density at radius 1 is 1.36 bits per heavy atom. The lowest BCUT2D eigenvalue weighted by molar-refractivity contribution is 0.614. The fraction of sp³-hybridized carbons (Fsp3) is 0.875. The van der Waals surface area contributed by atoms with Crippen molar-refractivity contribution in [2.75, 3.05) is 19.8 Å². The van der Waals surface area contributed by atoms with E-state index in [2.05, 4.69) is 20.8 Å². The molecule has 0 rings (SSSR count). The van der Waals surface area contributed by atoms with Crippen molar-refractivity contribution in [3.05, 3.63) is 0 Å². The van der Waals surface area contributed by atoms with Gasteiger partial charge >= 0.3 is 0 Å². The second-order valence-electron chi connectivity index (χ2n) is 3.74. The van der Waals surface area contributed by atoms with Crippen molar-refractivity contribution < 1.29 is 0 Å². The van der Waals surface area contributed by atoms with Gasteiger partial charge in [-0.3, -0.25) is 5.41 Å². The maximum Gasteiger partial charge on any atom is 0.105 e. The van der Waals surface area contributed by atoms with Gasteiger partial charge in [0.25, 0.3) is 0 Å². The second kappa shape index (κ2) is 4.00. The molecule has 0 saturated carbocycles. The third-order valence-electron chi connectivity index (χ3n) is 1.18. The quantitative estimate of drug-likeness (QED) is 0.512. The molecule has 0 amide bonds. The molecule has 0 radical (unpaired) electrons. The van der Waals surface area contributed by atoms with Crippen LogP contribution in [0.2, 0.25) is 0 Å². The molecule has 0 aromatic heterocycles. The first-order chi connectivity index (χ1) is 4.83. The van der Waals surface area contributed by atoms with Gasteiger partial charge in [-0.05, 0) is 0 Å². The van der Waals surface area contributed by atoms with Crippen LogP contribution in [0.3, 0.4) is 0 Å². The summed E-state index contributed by atoms with van der Waals surface area (Å²) in [7, 11) is 3.82. The zero-order valence-electron chi connectivity index (χ0n) is 8.06. The van der Waals surface area contributed by atoms with E-state index in [1.807, 2.05) is 19.0 Å². The number of nitrogens with one attached hydrogen (secondary N) is 1. The van der Waals surface area contributed by atoms with E-state index in [0.717, 1.165) is 5.75 Å². The molecule has 3 heteroatoms. The molecule has 11 heavy (non-hydrogen) atoms. The summed E-state index contributed by atoms with van der Waals surface area (Å²) in [5.74, 6) is 1.49. The normalized spacial score (nSPS) is 11.4. The molecule has 0 bridgehead atoms. The van der Waals surface area contributed by atoms with Crippen molar-refractivity contribution >= 4 is 17.6 Å². The van der Waals surface area contributed by atoms with E-state index >= 15 is 0 Å². The van der Waals surface area contributed by atoms with E-state index in [9.17, 15) is 0 Å². The first-order valence-electron chi connectivity index (χ1n) is 3.71. The lowest BCUT2D eigenvalue weighted by Crippen LogP contribution is -2.25. The maximum absolute atomic E-state index is 7.53. The number of rotatable bonds is 2. The molecule has 0 atom stereocenters. The zero-order valence-corrected chi connectivity index (χ0v) is 8.88. The molecule has 0 saturated heterocycles. The van der Waals surface area contributed by atoms with Crippen LogP contribution in [0, 0.1) is 5.41 Å². The van der Waals surface area contributed by atoms with Crippen LogP contribution >= 0.6 is 11.8 Å². The molecule has 0 aromatic rings. The molecule has 0 aliphatic heterocycles. The monoisotopic (exact) mass is 174 g/mol. The first-order valence-corrected chi connectivity index (χ1v) is 4.70. The third kappa shape index (κ3) is 6.23. The Morgan fingerprint density at radius 3 is 2.09 bits per heavy atom. The van der Waals surface area contributed by atoms with Gasteiger partial charge < -0.3 is 4.90 Å². The van der Waals surface area contributed by atoms with E-state index in [1.165, 1.54) is 0 Å². The van der Waals surface area contributed by atoms with Crippen molar-refractivity contribution in [1.29, 1.82) is 5.41 Å². The third-order valence-corrected chi connectivity index (χ3v) is 2.47. The highest BCUT2D eigenvalue weighted by Crippen LogP contribution is 2.22. The van der Waals surface area contributed by atoms with Crippen molar-refractivity contribution in [3.63, 3.8) is 0 Å². The van der Waals surface area contributed by atoms with Gasteiger partial charge in [-0.25, -0.2) is 0 Å². The number of hydrogen-bond acceptors (Lipinski definition) is 2. The summed E-state index contributed by atoms with van der Waals surface area (Å²) in [6.07, 6.45) is 0. The van der Waals surface area contributed by atoms with Gasteiger partial charge in [-0.2, -0.15) is 0 Å². The minimum Gasteiger partial charge on any atom is -0.366 e. The highest BCUT2D eigenvalue weighted by molar-refractivity contribution is 8.01. The van der Waals surface area contributed by atoms with Gasteiger partial charge in [-0.15, -0.1) is 11.8 Å². The molecule has 0 heterocycles. The Bertz CT molecular complexity index is 136. The van der Waals surface area contributed by atoms with Crippen LogP contribution < -0.4 is 0 Å². The van der Waals surface area contributed by atoms with Crippen LogP contribution in [-0.2, 0) is 0 Å². The summed E-state index contributed by atoms with van der Waals surface area (Å²) in [6, 6.07) is 0. The first kappa shape index (κ1) is 10.8. The minimum atomic E-state index is 0.266. The molecular weight excluding hydrogens is 156 g/mol. The predicted molar refractivity (Wildman–Crippen MR) is 53.6 cm³/mol. The summed E-state index contributed by atoms with van der Waals surface area (Å²) in [5, 5.41) is 7.53. The molecule has 0 aliphatic rings. The lowest BCUT2D eigenvalue weighted by Gasteiger charge is -2.20. The van der Waals surface area contributed by atoms with Crippen molar-refractivity contribution in [1.82, 2.24) is 4.90 Å². The van der Waals surface area contributed by atoms with Crippen LogP contribution in [-0.4, -0.2) is 35.3 Å². The fourth-order valence-corrected chi connectivity index (χ4v) is 1.24. The average Bonchev–Trinajstić information content (AvgIpc) is 1.80. The Balaban J connectivity index is 3.64. The summed E-state index contributed by atoms with van der Waals surface area (Å²) < 4.78 is 0.266. The standard InChI is InChI=1S/C8H18N2S/c1-8(2,3)11-6-7(9)10(4)5/h9H,6H2,1-5H3. The van der Waals surface area contributed by atoms with Crippen LogP contribution in [0.1, 0.15) is 20.8 Å². The van der Waals surface area contributed by atoms with Crippen molar-refractivity contribution in [3.8, 4) is 0 Å². The predicted octanol–water partition coefficient (Wildman–Crippen LogP) is 2.06. The van der Waals surface area contributed by atoms with Crippen molar-refractivity contribution in [2.45, 2.75) is 25.5 Å². The molecule has 66 valence electrons. The van der Waals surface area contributed by atoms with Gasteiger partial charge in [0.2, 0.25) is 0 Å². The SMILES string of the molecule is CN(C)C(=N)CSC(C)(C)C. The second-order valence-corrected chi connectivity index (χ2v) is 5.54. The Kier molecular flexibility index (Phi) is 3.93. The minimum absolute atomic E-state index is 0.266. The largest absolute Gasteiger partial charge is 0.366 e. The number of thioether (sulfide) groups is 1. The Labute approximate surface area is 73.9 Å². The number of hydrogen-bond donors (Lipinski definition) is 1. The summed E-state index contributed by atoms with van der Waals surface area (Å²) in [4.78, 5) is 1.85. The molecule has 0 unspecified atom stereocenters. The van der Waals surface area contributed by atoms with E-state index in [4.69, 9.17) is 5.41 Å². The van der Waals surface area contributed by atoms with Crippen LogP contribution in [0.5, 0.6) is 0 Å². The van der Waals surface area contributed by atoms with E-state index < -0.39 is 0 Å². The van der Waals surface area contributed by atoms with Gasteiger partial charge in [0.1, 0.15) is 5.84 Å².